The summed E-state index contributed by atoms with van der Waals surface area (Å²) in [6.07, 6.45) is 1.31. The number of hydrogen-bond donors (Lipinski definition) is 2. The molecule has 0 bridgehead atoms. The van der Waals surface area contributed by atoms with Crippen molar-refractivity contribution >= 4 is 35.0 Å². The molecule has 0 fully saturated rings. The molecule has 1 rings (SSSR count). The molecule has 0 spiro atoms. The lowest BCUT2D eigenvalue weighted by molar-refractivity contribution is -0.128. The van der Waals surface area contributed by atoms with Crippen LogP contribution in [0.3, 0.4) is 0 Å². The van der Waals surface area contributed by atoms with Crippen molar-refractivity contribution in [1.29, 1.82) is 0 Å². The molecule has 5 nitrogen and oxygen atoms in total. The average molecular weight is 304 g/mol. The molecule has 0 unspecified atom stereocenters. The van der Waals surface area contributed by atoms with Crippen LogP contribution in [-0.4, -0.2) is 30.4 Å². The van der Waals surface area contributed by atoms with E-state index in [2.05, 4.69) is 15.6 Å². The van der Waals surface area contributed by atoms with Gasteiger partial charge in [-0.3, -0.25) is 9.59 Å². The van der Waals surface area contributed by atoms with Gasteiger partial charge in [0.05, 0.1) is 16.0 Å². The minimum atomic E-state index is -0.715. The topological polar surface area (TPSA) is 71.1 Å². The zero-order chi connectivity index (χ0) is 14.6. The normalized spacial score (nSPS) is 11.0. The fourth-order valence-electron chi connectivity index (χ4n) is 1.40. The Kier molecular flexibility index (Phi) is 5.14. The third-order valence-corrected chi connectivity index (χ3v) is 3.11. The van der Waals surface area contributed by atoms with Crippen molar-refractivity contribution < 1.29 is 9.59 Å². The van der Waals surface area contributed by atoms with Crippen LogP contribution in [0.25, 0.3) is 0 Å². The molecule has 2 amide bonds. The lowest BCUT2D eigenvalue weighted by atomic mass is 9.92. The van der Waals surface area contributed by atoms with Crippen LogP contribution >= 0.6 is 23.2 Å². The Morgan fingerprint density at radius 2 is 2.00 bits per heavy atom. The van der Waals surface area contributed by atoms with Crippen molar-refractivity contribution in [2.45, 2.75) is 13.8 Å². The first-order valence-electron chi connectivity index (χ1n) is 5.59. The van der Waals surface area contributed by atoms with E-state index in [0.29, 0.717) is 0 Å². The van der Waals surface area contributed by atoms with Gasteiger partial charge in [0.1, 0.15) is 5.15 Å². The maximum Gasteiger partial charge on any atom is 0.252 e. The van der Waals surface area contributed by atoms with Crippen LogP contribution in [0.2, 0.25) is 10.2 Å². The number of amides is 2. The minimum absolute atomic E-state index is 0.161. The third-order valence-electron chi connectivity index (χ3n) is 2.60. The molecule has 0 aliphatic rings. The maximum atomic E-state index is 12.0. The molecule has 0 saturated carbocycles. The molecule has 0 aliphatic heterocycles. The number of pyridine rings is 1. The van der Waals surface area contributed by atoms with Crippen LogP contribution in [0, 0.1) is 5.41 Å². The van der Waals surface area contributed by atoms with Crippen LogP contribution in [0.1, 0.15) is 24.2 Å². The fraction of sp³-hybridized carbons (Fsp3) is 0.417. The molecule has 0 saturated heterocycles. The second-order valence-corrected chi connectivity index (χ2v) is 5.43. The van der Waals surface area contributed by atoms with Crippen molar-refractivity contribution in [1.82, 2.24) is 15.6 Å². The van der Waals surface area contributed by atoms with Gasteiger partial charge in [-0.15, -0.1) is 0 Å². The van der Waals surface area contributed by atoms with Gasteiger partial charge < -0.3 is 10.6 Å². The van der Waals surface area contributed by atoms with Gasteiger partial charge in [0.25, 0.3) is 5.91 Å². The number of aromatic nitrogens is 1. The van der Waals surface area contributed by atoms with Crippen molar-refractivity contribution in [3.8, 4) is 0 Å². The van der Waals surface area contributed by atoms with Crippen LogP contribution in [0.15, 0.2) is 12.3 Å². The molecular formula is C12H15Cl2N3O2. The first-order valence-corrected chi connectivity index (χ1v) is 6.35. The Hall–Kier alpha value is -1.33. The van der Waals surface area contributed by atoms with Crippen molar-refractivity contribution in [3.05, 3.63) is 28.0 Å². The first-order chi connectivity index (χ1) is 8.77. The van der Waals surface area contributed by atoms with Gasteiger partial charge in [-0.2, -0.15) is 0 Å². The van der Waals surface area contributed by atoms with E-state index >= 15 is 0 Å². The second kappa shape index (κ2) is 6.21. The van der Waals surface area contributed by atoms with Crippen LogP contribution in [-0.2, 0) is 4.79 Å². The summed E-state index contributed by atoms with van der Waals surface area (Å²) in [5.74, 6) is -0.557. The monoisotopic (exact) mass is 303 g/mol. The Bertz CT molecular complexity index is 504. The molecule has 1 heterocycles. The van der Waals surface area contributed by atoms with E-state index in [4.69, 9.17) is 23.2 Å². The van der Waals surface area contributed by atoms with E-state index in [0.717, 1.165) is 0 Å². The van der Waals surface area contributed by atoms with Gasteiger partial charge in [-0.1, -0.05) is 23.2 Å². The van der Waals surface area contributed by atoms with E-state index in [9.17, 15) is 9.59 Å². The largest absolute Gasteiger partial charge is 0.359 e. The van der Waals surface area contributed by atoms with Crippen molar-refractivity contribution in [2.75, 3.05) is 13.6 Å². The fourth-order valence-corrected chi connectivity index (χ4v) is 1.75. The van der Waals surface area contributed by atoms with E-state index in [1.807, 2.05) is 0 Å². The predicted molar refractivity (Wildman–Crippen MR) is 74.4 cm³/mol. The van der Waals surface area contributed by atoms with Crippen LogP contribution in [0.5, 0.6) is 0 Å². The molecule has 2 N–H and O–H groups in total. The number of carbonyl (C=O) groups excluding carboxylic acids is 2. The smallest absolute Gasteiger partial charge is 0.252 e. The highest BCUT2D eigenvalue weighted by molar-refractivity contribution is 6.35. The highest BCUT2D eigenvalue weighted by atomic mass is 35.5. The van der Waals surface area contributed by atoms with Gasteiger partial charge >= 0.3 is 0 Å². The number of nitrogens with zero attached hydrogens (tertiary/aromatic N) is 1. The Morgan fingerprint density at radius 1 is 1.37 bits per heavy atom. The lowest BCUT2D eigenvalue weighted by Gasteiger charge is -2.22. The summed E-state index contributed by atoms with van der Waals surface area (Å²) >= 11 is 11.6. The summed E-state index contributed by atoms with van der Waals surface area (Å²) in [5.41, 5.74) is -0.484. The molecule has 0 atom stereocenters. The summed E-state index contributed by atoms with van der Waals surface area (Å²) < 4.78 is 0. The molecular weight excluding hydrogens is 289 g/mol. The van der Waals surface area contributed by atoms with Crippen LogP contribution in [0.4, 0.5) is 0 Å². The SMILES string of the molecule is CNC(=O)C(C)(C)CNC(=O)c1cc(Cl)ncc1Cl. The number of carbonyl (C=O) groups is 2. The zero-order valence-corrected chi connectivity index (χ0v) is 12.4. The highest BCUT2D eigenvalue weighted by Crippen LogP contribution is 2.19. The van der Waals surface area contributed by atoms with Gasteiger partial charge in [-0.25, -0.2) is 4.98 Å². The molecule has 104 valence electrons. The third kappa shape index (κ3) is 4.08. The van der Waals surface area contributed by atoms with E-state index in [-0.39, 0.29) is 28.2 Å². The molecule has 7 heteroatoms. The van der Waals surface area contributed by atoms with Gasteiger partial charge in [0, 0.05) is 19.8 Å². The molecule has 1 aromatic heterocycles. The number of nitrogens with one attached hydrogen (secondary N) is 2. The molecule has 1 aromatic rings. The van der Waals surface area contributed by atoms with Gasteiger partial charge in [0.2, 0.25) is 5.91 Å². The number of halogens is 2. The van der Waals surface area contributed by atoms with Crippen molar-refractivity contribution in [3.63, 3.8) is 0 Å². The quantitative estimate of drug-likeness (QED) is 0.835. The summed E-state index contributed by atoms with van der Waals surface area (Å²) in [5, 5.41) is 5.58. The second-order valence-electron chi connectivity index (χ2n) is 4.63. The predicted octanol–water partition coefficient (Wildman–Crippen LogP) is 1.89. The molecule has 0 aromatic carbocycles. The molecule has 0 radical (unpaired) electrons. The van der Waals surface area contributed by atoms with E-state index < -0.39 is 11.3 Å². The number of hydrogen-bond acceptors (Lipinski definition) is 3. The van der Waals surface area contributed by atoms with Crippen molar-refractivity contribution in [2.24, 2.45) is 5.41 Å². The minimum Gasteiger partial charge on any atom is -0.359 e. The Balaban J connectivity index is 2.76. The molecule has 19 heavy (non-hydrogen) atoms. The first kappa shape index (κ1) is 15.7. The summed E-state index contributed by atoms with van der Waals surface area (Å²) in [7, 11) is 1.55. The summed E-state index contributed by atoms with van der Waals surface area (Å²) in [4.78, 5) is 27.3. The Morgan fingerprint density at radius 3 is 2.58 bits per heavy atom. The van der Waals surface area contributed by atoms with E-state index in [1.165, 1.54) is 12.3 Å². The highest BCUT2D eigenvalue weighted by Gasteiger charge is 2.27. The van der Waals surface area contributed by atoms with E-state index in [1.54, 1.807) is 20.9 Å². The lowest BCUT2D eigenvalue weighted by Crippen LogP contribution is -2.43. The maximum absolute atomic E-state index is 12.0. The number of rotatable bonds is 4. The average Bonchev–Trinajstić information content (AvgIpc) is 2.37. The van der Waals surface area contributed by atoms with Crippen LogP contribution < -0.4 is 10.6 Å². The summed E-state index contributed by atoms with van der Waals surface area (Å²) in [6, 6.07) is 1.38. The van der Waals surface area contributed by atoms with Gasteiger partial charge in [0.15, 0.2) is 0 Å². The standard InChI is InChI=1S/C12H15Cl2N3O2/c1-12(2,11(19)15-3)6-17-10(18)7-4-9(14)16-5-8(7)13/h4-5H,6H2,1-3H3,(H,15,19)(H,17,18). The summed E-state index contributed by atoms with van der Waals surface area (Å²) in [6.45, 7) is 3.64. The zero-order valence-electron chi connectivity index (χ0n) is 10.9. The Labute approximate surface area is 121 Å². The molecule has 0 aliphatic carbocycles. The van der Waals surface area contributed by atoms with Gasteiger partial charge in [-0.05, 0) is 19.9 Å².